The third-order valence-electron chi connectivity index (χ3n) is 8.67. The lowest BCUT2D eigenvalue weighted by atomic mass is 9.89. The van der Waals surface area contributed by atoms with Crippen molar-refractivity contribution in [2.75, 3.05) is 33.1 Å². The number of hydrogen-bond donors (Lipinski definition) is 5. The molecule has 15 nitrogen and oxygen atoms in total. The summed E-state index contributed by atoms with van der Waals surface area (Å²) in [5.41, 5.74) is 11.7. The third-order valence-corrected chi connectivity index (χ3v) is 8.67. The summed E-state index contributed by atoms with van der Waals surface area (Å²) in [6, 6.07) is 3.87. The summed E-state index contributed by atoms with van der Waals surface area (Å²) in [4.78, 5) is 78.2. The van der Waals surface area contributed by atoms with Crippen LogP contribution in [-0.2, 0) is 35.3 Å². The van der Waals surface area contributed by atoms with Gasteiger partial charge in [-0.15, -0.1) is 0 Å². The summed E-state index contributed by atoms with van der Waals surface area (Å²) in [5.74, 6) is -2.24. The first-order valence-corrected chi connectivity index (χ1v) is 17.1. The molecular formula is C35H59N7O8. The van der Waals surface area contributed by atoms with E-state index in [2.05, 4.69) is 16.0 Å². The van der Waals surface area contributed by atoms with Gasteiger partial charge >= 0.3 is 12.1 Å². The van der Waals surface area contributed by atoms with Gasteiger partial charge < -0.3 is 41.8 Å². The van der Waals surface area contributed by atoms with E-state index in [-0.39, 0.29) is 49.0 Å². The number of methoxy groups -OCH3 is 1. The Hall–Kier alpha value is -4.40. The number of ether oxygens (including phenoxy) is 2. The number of urea groups is 1. The molecule has 0 aliphatic heterocycles. The Kier molecular flexibility index (Phi) is 18.9. The van der Waals surface area contributed by atoms with Crippen molar-refractivity contribution in [2.24, 2.45) is 29.2 Å². The molecule has 7 N–H and O–H groups in total. The normalized spacial score (nSPS) is 14.1. The zero-order valence-corrected chi connectivity index (χ0v) is 31.1. The van der Waals surface area contributed by atoms with E-state index in [0.29, 0.717) is 37.1 Å². The van der Waals surface area contributed by atoms with Crippen LogP contribution in [0, 0.1) is 17.8 Å². The Morgan fingerprint density at radius 2 is 1.50 bits per heavy atom. The topological polar surface area (TPSA) is 215 Å². The molecule has 15 heteroatoms. The van der Waals surface area contributed by atoms with Gasteiger partial charge in [-0.1, -0.05) is 60.1 Å². The number of carbonyl (C=O) groups excluding carboxylic acids is 6. The van der Waals surface area contributed by atoms with Crippen LogP contribution >= 0.6 is 0 Å². The molecule has 0 aliphatic carbocycles. The smallest absolute Gasteiger partial charge is 0.410 e. The molecular weight excluding hydrogens is 646 g/mol. The second-order valence-electron chi connectivity index (χ2n) is 13.3. The van der Waals surface area contributed by atoms with E-state index in [9.17, 15) is 28.8 Å². The van der Waals surface area contributed by atoms with E-state index in [1.54, 1.807) is 45.2 Å². The highest BCUT2D eigenvalue weighted by atomic mass is 16.6. The van der Waals surface area contributed by atoms with Crippen molar-refractivity contribution in [1.82, 2.24) is 20.4 Å². The van der Waals surface area contributed by atoms with Crippen LogP contribution in [0.1, 0.15) is 79.2 Å². The van der Waals surface area contributed by atoms with Crippen LogP contribution in [0.15, 0.2) is 24.3 Å². The first kappa shape index (κ1) is 43.6. The number of likely N-dealkylation sites (N-methyl/N-ethyl adjacent to an activating group) is 2. The Bertz CT molecular complexity index is 1270. The van der Waals surface area contributed by atoms with Gasteiger partial charge in [0.05, 0.1) is 18.6 Å². The lowest BCUT2D eigenvalue weighted by molar-refractivity contribution is -0.144. The Labute approximate surface area is 296 Å². The summed E-state index contributed by atoms with van der Waals surface area (Å²) >= 11 is 0. The lowest BCUT2D eigenvalue weighted by Crippen LogP contribution is -2.60. The SMILES string of the molecule is CC[C@H](C)[C@@H]([C@@H](CC(N)=O)OC)N(C)C(=O)[C@@H](NC(=O)[C@H](C(C)C)N(C)C(=O)OCc1ccc(NC(=O)CCCCNC(N)=O)cc1)C(C)C. The average molecular weight is 706 g/mol. The van der Waals surface area contributed by atoms with Crippen LogP contribution < -0.4 is 27.4 Å². The predicted octanol–water partition coefficient (Wildman–Crippen LogP) is 2.96. The molecule has 0 spiro atoms. The highest BCUT2D eigenvalue weighted by molar-refractivity contribution is 5.92. The largest absolute Gasteiger partial charge is 0.445 e. The summed E-state index contributed by atoms with van der Waals surface area (Å²) in [5, 5.41) is 8.15. The van der Waals surface area contributed by atoms with E-state index in [1.165, 1.54) is 24.0 Å². The van der Waals surface area contributed by atoms with Crippen LogP contribution in [-0.4, -0.2) is 97.5 Å². The number of hydrogen-bond acceptors (Lipinski definition) is 8. The first-order chi connectivity index (χ1) is 23.4. The lowest BCUT2D eigenvalue weighted by Gasteiger charge is -2.40. The van der Waals surface area contributed by atoms with Gasteiger partial charge in [-0.2, -0.15) is 0 Å². The number of nitrogens with zero attached hydrogens (tertiary/aromatic N) is 2. The second-order valence-corrected chi connectivity index (χ2v) is 13.3. The molecule has 0 radical (unpaired) electrons. The first-order valence-electron chi connectivity index (χ1n) is 17.1. The molecule has 1 aromatic carbocycles. The van der Waals surface area contributed by atoms with Crippen molar-refractivity contribution in [3.05, 3.63) is 29.8 Å². The van der Waals surface area contributed by atoms with Crippen molar-refractivity contribution >= 4 is 41.4 Å². The molecule has 0 bridgehead atoms. The summed E-state index contributed by atoms with van der Waals surface area (Å²) < 4.78 is 11.1. The zero-order valence-electron chi connectivity index (χ0n) is 31.1. The van der Waals surface area contributed by atoms with Gasteiger partial charge in [-0.3, -0.25) is 24.1 Å². The minimum Gasteiger partial charge on any atom is -0.445 e. The van der Waals surface area contributed by atoms with Crippen LogP contribution in [0.4, 0.5) is 15.3 Å². The quantitative estimate of drug-likeness (QED) is 0.120. The number of benzene rings is 1. The van der Waals surface area contributed by atoms with Gasteiger partial charge in [0.2, 0.25) is 23.6 Å². The molecule has 0 fully saturated rings. The van der Waals surface area contributed by atoms with Gasteiger partial charge in [0.15, 0.2) is 0 Å². The number of nitrogens with two attached hydrogens (primary N) is 2. The monoisotopic (exact) mass is 705 g/mol. The molecule has 282 valence electrons. The second kappa shape index (κ2) is 21.6. The van der Waals surface area contributed by atoms with Gasteiger partial charge in [-0.25, -0.2) is 9.59 Å². The molecule has 50 heavy (non-hydrogen) atoms. The van der Waals surface area contributed by atoms with E-state index >= 15 is 0 Å². The van der Waals surface area contributed by atoms with Crippen LogP contribution in [0.2, 0.25) is 0 Å². The number of anilines is 1. The molecule has 1 rings (SSSR count). The van der Waals surface area contributed by atoms with Crippen molar-refractivity contribution in [3.63, 3.8) is 0 Å². The summed E-state index contributed by atoms with van der Waals surface area (Å²) in [7, 11) is 4.58. The summed E-state index contributed by atoms with van der Waals surface area (Å²) in [6.07, 6.45) is 0.777. The minimum absolute atomic E-state index is 0.0365. The molecule has 0 unspecified atom stereocenters. The predicted molar refractivity (Wildman–Crippen MR) is 190 cm³/mol. The van der Waals surface area contributed by atoms with E-state index in [4.69, 9.17) is 20.9 Å². The van der Waals surface area contributed by atoms with Gasteiger partial charge in [-0.05, 0) is 48.3 Å². The number of rotatable bonds is 21. The average Bonchev–Trinajstić information content (AvgIpc) is 3.04. The number of nitrogens with one attached hydrogen (secondary N) is 3. The zero-order chi connectivity index (χ0) is 38.1. The number of carbonyl (C=O) groups is 6. The molecule has 0 aliphatic rings. The Balaban J connectivity index is 2.92. The fraction of sp³-hybridized carbons (Fsp3) is 0.657. The van der Waals surface area contributed by atoms with E-state index < -0.39 is 48.2 Å². The van der Waals surface area contributed by atoms with Crippen LogP contribution in [0.25, 0.3) is 0 Å². The van der Waals surface area contributed by atoms with Gasteiger partial charge in [0, 0.05) is 39.9 Å². The maximum absolute atomic E-state index is 13.9. The Morgan fingerprint density at radius 3 is 2.00 bits per heavy atom. The number of unbranched alkanes of at least 4 members (excludes halogenated alkanes) is 1. The van der Waals surface area contributed by atoms with Crippen molar-refractivity contribution in [1.29, 1.82) is 0 Å². The Morgan fingerprint density at radius 1 is 0.880 bits per heavy atom. The molecule has 5 atom stereocenters. The number of amides is 7. The highest BCUT2D eigenvalue weighted by Gasteiger charge is 2.39. The van der Waals surface area contributed by atoms with Crippen molar-refractivity contribution in [3.8, 4) is 0 Å². The molecule has 0 saturated carbocycles. The van der Waals surface area contributed by atoms with Crippen molar-refractivity contribution in [2.45, 2.75) is 104 Å². The highest BCUT2D eigenvalue weighted by Crippen LogP contribution is 2.23. The molecule has 0 heterocycles. The molecule has 1 aromatic rings. The minimum atomic E-state index is -0.946. The summed E-state index contributed by atoms with van der Waals surface area (Å²) in [6.45, 7) is 11.5. The molecule has 0 saturated heterocycles. The maximum atomic E-state index is 13.9. The van der Waals surface area contributed by atoms with E-state index in [1.807, 2.05) is 27.7 Å². The van der Waals surface area contributed by atoms with Crippen LogP contribution in [0.5, 0.6) is 0 Å². The number of primary amides is 2. The fourth-order valence-electron chi connectivity index (χ4n) is 5.72. The van der Waals surface area contributed by atoms with Crippen molar-refractivity contribution < 1.29 is 38.2 Å². The maximum Gasteiger partial charge on any atom is 0.410 e. The van der Waals surface area contributed by atoms with Gasteiger partial charge in [0.25, 0.3) is 0 Å². The van der Waals surface area contributed by atoms with E-state index in [0.717, 1.165) is 0 Å². The molecule has 7 amide bonds. The standard InChI is InChI=1S/C35H59N7O8/c1-10-23(6)31(26(49-9)19-27(36)43)41(7)33(46)29(21(2)3)40-32(45)30(22(4)5)42(8)35(48)50-20-24-14-16-25(17-15-24)39-28(44)13-11-12-18-38-34(37)47/h14-17,21-23,26,29-31H,10-13,18-20H2,1-9H3,(H2,36,43)(H,39,44)(H,40,45)(H3,37,38,47)/t23-,26+,29-,30-,31-/m0/s1. The fourth-order valence-corrected chi connectivity index (χ4v) is 5.72. The molecule has 0 aromatic heterocycles. The van der Waals surface area contributed by atoms with Gasteiger partial charge in [0.1, 0.15) is 18.7 Å². The van der Waals surface area contributed by atoms with Crippen LogP contribution in [0.3, 0.4) is 0 Å². The third kappa shape index (κ3) is 14.2.